The van der Waals surface area contributed by atoms with Crippen LogP contribution in [0.5, 0.6) is 0 Å². The molecule has 0 rings (SSSR count). The number of aliphatic carboxylic acids is 1. The van der Waals surface area contributed by atoms with Crippen molar-refractivity contribution in [2.75, 3.05) is 6.26 Å². The van der Waals surface area contributed by atoms with E-state index in [2.05, 4.69) is 5.32 Å². The van der Waals surface area contributed by atoms with Gasteiger partial charge >= 0.3 is 5.97 Å². The SMILES string of the molecule is CC(NC(=O)C(C)NS(C)(=O)=O)C(=O)O. The van der Waals surface area contributed by atoms with E-state index in [0.717, 1.165) is 6.26 Å². The summed E-state index contributed by atoms with van der Waals surface area (Å²) in [6.45, 7) is 2.61. The van der Waals surface area contributed by atoms with Gasteiger partial charge in [-0.05, 0) is 13.8 Å². The maximum absolute atomic E-state index is 11.2. The van der Waals surface area contributed by atoms with Crippen LogP contribution in [0.2, 0.25) is 0 Å². The van der Waals surface area contributed by atoms with Gasteiger partial charge in [-0.2, -0.15) is 0 Å². The molecule has 0 saturated carbocycles. The minimum Gasteiger partial charge on any atom is -0.480 e. The van der Waals surface area contributed by atoms with Gasteiger partial charge in [-0.25, -0.2) is 13.1 Å². The molecule has 0 aromatic rings. The van der Waals surface area contributed by atoms with Crippen molar-refractivity contribution in [1.29, 1.82) is 0 Å². The van der Waals surface area contributed by atoms with E-state index in [9.17, 15) is 18.0 Å². The van der Waals surface area contributed by atoms with E-state index >= 15 is 0 Å². The minimum absolute atomic E-state index is 0.685. The standard InChI is InChI=1S/C7H14N2O5S/c1-4(9-15(3,13)14)6(10)8-5(2)7(11)12/h4-5,9H,1-3H3,(H,8,10)(H,11,12). The molecule has 0 aromatic heterocycles. The highest BCUT2D eigenvalue weighted by Crippen LogP contribution is 1.89. The van der Waals surface area contributed by atoms with Gasteiger partial charge in [0, 0.05) is 0 Å². The van der Waals surface area contributed by atoms with Crippen LogP contribution < -0.4 is 10.0 Å². The van der Waals surface area contributed by atoms with E-state index in [0.29, 0.717) is 0 Å². The quantitative estimate of drug-likeness (QED) is 0.540. The first-order chi connectivity index (χ1) is 6.63. The van der Waals surface area contributed by atoms with E-state index in [1.165, 1.54) is 13.8 Å². The number of rotatable bonds is 5. The number of hydrogen-bond acceptors (Lipinski definition) is 4. The van der Waals surface area contributed by atoms with Gasteiger partial charge < -0.3 is 10.4 Å². The molecule has 0 heterocycles. The number of amides is 1. The number of carboxylic acids is 1. The van der Waals surface area contributed by atoms with Gasteiger partial charge in [0.1, 0.15) is 6.04 Å². The van der Waals surface area contributed by atoms with Crippen molar-refractivity contribution in [3.8, 4) is 0 Å². The summed E-state index contributed by atoms with van der Waals surface area (Å²) in [6, 6.07) is -2.05. The fourth-order valence-electron chi connectivity index (χ4n) is 0.775. The number of carbonyl (C=O) groups is 2. The molecule has 0 aliphatic heterocycles. The van der Waals surface area contributed by atoms with Gasteiger partial charge in [0.25, 0.3) is 0 Å². The molecule has 2 unspecified atom stereocenters. The van der Waals surface area contributed by atoms with Crippen molar-refractivity contribution in [2.45, 2.75) is 25.9 Å². The highest BCUT2D eigenvalue weighted by atomic mass is 32.2. The maximum Gasteiger partial charge on any atom is 0.325 e. The van der Waals surface area contributed by atoms with E-state index in [4.69, 9.17) is 5.11 Å². The summed E-state index contributed by atoms with van der Waals surface area (Å²) in [5, 5.41) is 10.6. The first-order valence-corrected chi connectivity index (χ1v) is 6.03. The molecule has 2 atom stereocenters. The molecule has 7 nitrogen and oxygen atoms in total. The predicted octanol–water partition coefficient (Wildman–Crippen LogP) is -1.49. The molecule has 0 bridgehead atoms. The number of carbonyl (C=O) groups excluding carboxylic acids is 1. The minimum atomic E-state index is -3.48. The van der Waals surface area contributed by atoms with Crippen LogP contribution in [0.4, 0.5) is 0 Å². The van der Waals surface area contributed by atoms with Gasteiger partial charge in [0.2, 0.25) is 15.9 Å². The molecule has 0 saturated heterocycles. The van der Waals surface area contributed by atoms with Crippen molar-refractivity contribution in [3.05, 3.63) is 0 Å². The number of nitrogens with one attached hydrogen (secondary N) is 2. The molecule has 0 aliphatic carbocycles. The van der Waals surface area contributed by atoms with E-state index in [1.807, 2.05) is 4.72 Å². The average molecular weight is 238 g/mol. The third kappa shape index (κ3) is 6.02. The van der Waals surface area contributed by atoms with Crippen molar-refractivity contribution in [1.82, 2.24) is 10.0 Å². The molecule has 88 valence electrons. The van der Waals surface area contributed by atoms with Crippen molar-refractivity contribution >= 4 is 21.9 Å². The first kappa shape index (κ1) is 13.8. The molecule has 3 N–H and O–H groups in total. The summed E-state index contributed by atoms with van der Waals surface area (Å²) in [5.74, 6) is -1.87. The summed E-state index contributed by atoms with van der Waals surface area (Å²) in [7, 11) is -3.48. The highest BCUT2D eigenvalue weighted by molar-refractivity contribution is 7.88. The normalized spacial score (nSPS) is 15.4. The predicted molar refractivity (Wildman–Crippen MR) is 52.7 cm³/mol. The van der Waals surface area contributed by atoms with Crippen LogP contribution in [0.25, 0.3) is 0 Å². The lowest BCUT2D eigenvalue weighted by Crippen LogP contribution is -2.49. The second-order valence-electron chi connectivity index (χ2n) is 3.18. The van der Waals surface area contributed by atoms with E-state index in [1.54, 1.807) is 0 Å². The Labute approximate surface area is 87.9 Å². The Morgan fingerprint density at radius 1 is 1.20 bits per heavy atom. The fraction of sp³-hybridized carbons (Fsp3) is 0.714. The number of carboxylic acid groups (broad SMARTS) is 1. The lowest BCUT2D eigenvalue weighted by molar-refractivity contribution is -0.141. The third-order valence-corrected chi connectivity index (χ3v) is 2.30. The van der Waals surface area contributed by atoms with Crippen molar-refractivity contribution in [3.63, 3.8) is 0 Å². The van der Waals surface area contributed by atoms with E-state index < -0.39 is 34.0 Å². The highest BCUT2D eigenvalue weighted by Gasteiger charge is 2.20. The summed E-state index contributed by atoms with van der Waals surface area (Å²) in [4.78, 5) is 21.6. The van der Waals surface area contributed by atoms with Crippen LogP contribution in [-0.2, 0) is 19.6 Å². The topological polar surface area (TPSA) is 113 Å². The average Bonchev–Trinajstić information content (AvgIpc) is 2.00. The summed E-state index contributed by atoms with van der Waals surface area (Å²) in [6.07, 6.45) is 0.914. The van der Waals surface area contributed by atoms with Crippen molar-refractivity contribution in [2.24, 2.45) is 0 Å². The Kier molecular flexibility index (Phi) is 4.69. The Morgan fingerprint density at radius 2 is 1.67 bits per heavy atom. The second kappa shape index (κ2) is 5.08. The lowest BCUT2D eigenvalue weighted by Gasteiger charge is -2.14. The number of hydrogen-bond donors (Lipinski definition) is 3. The molecular weight excluding hydrogens is 224 g/mol. The smallest absolute Gasteiger partial charge is 0.325 e. The molecule has 0 aliphatic rings. The molecule has 15 heavy (non-hydrogen) atoms. The van der Waals surface area contributed by atoms with Gasteiger partial charge in [-0.15, -0.1) is 0 Å². The summed E-state index contributed by atoms with van der Waals surface area (Å²) >= 11 is 0. The Morgan fingerprint density at radius 3 is 2.00 bits per heavy atom. The fourth-order valence-corrected chi connectivity index (χ4v) is 1.52. The van der Waals surface area contributed by atoms with Gasteiger partial charge in [-0.3, -0.25) is 9.59 Å². The van der Waals surface area contributed by atoms with Crippen LogP contribution in [0.3, 0.4) is 0 Å². The van der Waals surface area contributed by atoms with Gasteiger partial charge in [0.05, 0.1) is 12.3 Å². The maximum atomic E-state index is 11.2. The Balaban J connectivity index is 4.29. The summed E-state index contributed by atoms with van der Waals surface area (Å²) < 4.78 is 23.5. The van der Waals surface area contributed by atoms with Crippen molar-refractivity contribution < 1.29 is 23.1 Å². The third-order valence-electron chi connectivity index (χ3n) is 1.51. The zero-order valence-corrected chi connectivity index (χ0v) is 9.46. The van der Waals surface area contributed by atoms with Crippen LogP contribution in [0.1, 0.15) is 13.8 Å². The summed E-state index contributed by atoms with van der Waals surface area (Å²) in [5.41, 5.74) is 0. The van der Waals surface area contributed by atoms with Crippen LogP contribution in [-0.4, -0.2) is 43.7 Å². The molecule has 8 heteroatoms. The Bertz CT molecular complexity index is 350. The molecule has 0 radical (unpaired) electrons. The van der Waals surface area contributed by atoms with Gasteiger partial charge in [-0.1, -0.05) is 0 Å². The zero-order chi connectivity index (χ0) is 12.2. The monoisotopic (exact) mass is 238 g/mol. The largest absolute Gasteiger partial charge is 0.480 e. The Hall–Kier alpha value is -1.15. The van der Waals surface area contributed by atoms with Crippen LogP contribution in [0, 0.1) is 0 Å². The number of sulfonamides is 1. The first-order valence-electron chi connectivity index (χ1n) is 4.14. The molecule has 0 fully saturated rings. The van der Waals surface area contributed by atoms with Crippen LogP contribution in [0.15, 0.2) is 0 Å². The molecule has 0 spiro atoms. The van der Waals surface area contributed by atoms with Crippen LogP contribution >= 0.6 is 0 Å². The molecule has 0 aromatic carbocycles. The van der Waals surface area contributed by atoms with E-state index in [-0.39, 0.29) is 0 Å². The molecule has 1 amide bonds. The molecular formula is C7H14N2O5S. The second-order valence-corrected chi connectivity index (χ2v) is 4.96. The lowest BCUT2D eigenvalue weighted by atomic mass is 10.3. The zero-order valence-electron chi connectivity index (χ0n) is 8.64. The van der Waals surface area contributed by atoms with Gasteiger partial charge in [0.15, 0.2) is 0 Å².